The van der Waals surface area contributed by atoms with E-state index in [1.54, 1.807) is 19.9 Å². The summed E-state index contributed by atoms with van der Waals surface area (Å²) in [6, 6.07) is 9.66. The highest BCUT2D eigenvalue weighted by molar-refractivity contribution is 6.06. The van der Waals surface area contributed by atoms with Crippen LogP contribution in [0.2, 0.25) is 0 Å². The van der Waals surface area contributed by atoms with E-state index in [2.05, 4.69) is 4.99 Å². The van der Waals surface area contributed by atoms with Gasteiger partial charge in [-0.15, -0.1) is 0 Å². The summed E-state index contributed by atoms with van der Waals surface area (Å²) >= 11 is 0. The van der Waals surface area contributed by atoms with Crippen LogP contribution in [-0.2, 0) is 19.1 Å². The van der Waals surface area contributed by atoms with Crippen LogP contribution in [0.15, 0.2) is 41.4 Å². The minimum Gasteiger partial charge on any atom is -0.465 e. The summed E-state index contributed by atoms with van der Waals surface area (Å²) in [6.45, 7) is 5.04. The molecule has 1 aliphatic heterocycles. The van der Waals surface area contributed by atoms with Crippen LogP contribution in [0.25, 0.3) is 6.08 Å². The third kappa shape index (κ3) is 4.04. The molecule has 0 bridgehead atoms. The summed E-state index contributed by atoms with van der Waals surface area (Å²) in [4.78, 5) is 26.8. The first kappa shape index (κ1) is 15.9. The molecule has 116 valence electrons. The molecular formula is C17H19NO4. The van der Waals surface area contributed by atoms with Gasteiger partial charge in [0.15, 0.2) is 6.10 Å². The Morgan fingerprint density at radius 1 is 1.32 bits per heavy atom. The minimum atomic E-state index is -0.748. The highest BCUT2D eigenvalue weighted by Gasteiger charge is 2.42. The SMILES string of the molecule is CC(=O)OCC(C)(C)C1OC(/C=C/c2ccccc2)=NC1=O. The van der Waals surface area contributed by atoms with Crippen LogP contribution in [0.4, 0.5) is 0 Å². The van der Waals surface area contributed by atoms with Crippen molar-refractivity contribution < 1.29 is 19.1 Å². The zero-order chi connectivity index (χ0) is 16.2. The van der Waals surface area contributed by atoms with Gasteiger partial charge in [-0.05, 0) is 11.6 Å². The number of ether oxygens (including phenoxy) is 2. The van der Waals surface area contributed by atoms with Gasteiger partial charge in [0.05, 0.1) is 0 Å². The summed E-state index contributed by atoms with van der Waals surface area (Å²) in [7, 11) is 0. The van der Waals surface area contributed by atoms with Crippen molar-refractivity contribution >= 4 is 23.9 Å². The molecule has 0 N–H and O–H groups in total. The fraction of sp³-hybridized carbons (Fsp3) is 0.353. The molecule has 1 aliphatic rings. The van der Waals surface area contributed by atoms with E-state index in [-0.39, 0.29) is 24.4 Å². The third-order valence-corrected chi connectivity index (χ3v) is 3.26. The van der Waals surface area contributed by atoms with Gasteiger partial charge < -0.3 is 9.47 Å². The Labute approximate surface area is 129 Å². The van der Waals surface area contributed by atoms with Crippen LogP contribution < -0.4 is 0 Å². The maximum absolute atomic E-state index is 12.0. The van der Waals surface area contributed by atoms with E-state index >= 15 is 0 Å². The monoisotopic (exact) mass is 301 g/mol. The number of carbonyl (C=O) groups excluding carboxylic acids is 2. The van der Waals surface area contributed by atoms with E-state index in [4.69, 9.17) is 9.47 Å². The predicted molar refractivity (Wildman–Crippen MR) is 83.2 cm³/mol. The van der Waals surface area contributed by atoms with Crippen LogP contribution in [0.3, 0.4) is 0 Å². The van der Waals surface area contributed by atoms with Crippen molar-refractivity contribution in [3.63, 3.8) is 0 Å². The average molecular weight is 301 g/mol. The van der Waals surface area contributed by atoms with E-state index in [0.29, 0.717) is 0 Å². The molecule has 0 radical (unpaired) electrons. The lowest BCUT2D eigenvalue weighted by atomic mass is 9.87. The van der Waals surface area contributed by atoms with Crippen molar-refractivity contribution in [2.45, 2.75) is 26.9 Å². The molecular weight excluding hydrogens is 282 g/mol. The standard InChI is InChI=1S/C17H19NO4/c1-12(19)21-11-17(2,3)15-16(20)18-14(22-15)10-9-13-7-5-4-6-8-13/h4-10,15H,11H2,1-3H3/b10-9+. The van der Waals surface area contributed by atoms with Gasteiger partial charge in [-0.2, -0.15) is 4.99 Å². The van der Waals surface area contributed by atoms with Crippen molar-refractivity contribution in [2.24, 2.45) is 10.4 Å². The number of hydrogen-bond donors (Lipinski definition) is 0. The number of esters is 1. The van der Waals surface area contributed by atoms with Crippen molar-refractivity contribution in [3.05, 3.63) is 42.0 Å². The van der Waals surface area contributed by atoms with Gasteiger partial charge in [-0.1, -0.05) is 44.2 Å². The number of aliphatic imine (C=N–C) groups is 1. The zero-order valence-electron chi connectivity index (χ0n) is 12.9. The summed E-state index contributed by atoms with van der Waals surface area (Å²) in [5.74, 6) is -0.469. The molecule has 1 amide bonds. The number of rotatable bonds is 5. The summed E-state index contributed by atoms with van der Waals surface area (Å²) < 4.78 is 10.6. The highest BCUT2D eigenvalue weighted by atomic mass is 16.5. The van der Waals surface area contributed by atoms with Crippen LogP contribution >= 0.6 is 0 Å². The molecule has 0 aliphatic carbocycles. The Balaban J connectivity index is 2.01. The van der Waals surface area contributed by atoms with E-state index in [0.717, 1.165) is 5.56 Å². The topological polar surface area (TPSA) is 65.0 Å². The number of carbonyl (C=O) groups is 2. The maximum atomic E-state index is 12.0. The molecule has 5 nitrogen and oxygen atoms in total. The fourth-order valence-corrected chi connectivity index (χ4v) is 2.03. The molecule has 1 aromatic rings. The summed E-state index contributed by atoms with van der Waals surface area (Å²) in [5.41, 5.74) is 0.345. The second-order valence-electron chi connectivity index (χ2n) is 5.80. The fourth-order valence-electron chi connectivity index (χ4n) is 2.03. The van der Waals surface area contributed by atoms with Gasteiger partial charge in [-0.25, -0.2) is 0 Å². The molecule has 0 spiro atoms. The molecule has 1 atom stereocenters. The van der Waals surface area contributed by atoms with Crippen molar-refractivity contribution in [1.82, 2.24) is 0 Å². The molecule has 5 heteroatoms. The van der Waals surface area contributed by atoms with Crippen LogP contribution in [-0.4, -0.2) is 30.5 Å². The molecule has 0 aromatic heterocycles. The van der Waals surface area contributed by atoms with Crippen molar-refractivity contribution in [3.8, 4) is 0 Å². The van der Waals surface area contributed by atoms with Gasteiger partial charge in [0.2, 0.25) is 5.90 Å². The minimum absolute atomic E-state index is 0.101. The first-order valence-corrected chi connectivity index (χ1v) is 7.04. The van der Waals surface area contributed by atoms with E-state index in [1.165, 1.54) is 6.92 Å². The number of hydrogen-bond acceptors (Lipinski definition) is 4. The Morgan fingerprint density at radius 3 is 2.64 bits per heavy atom. The summed E-state index contributed by atoms with van der Waals surface area (Å²) in [6.07, 6.45) is 2.74. The Morgan fingerprint density at radius 2 is 2.00 bits per heavy atom. The molecule has 0 fully saturated rings. The van der Waals surface area contributed by atoms with Crippen LogP contribution in [0, 0.1) is 5.41 Å². The number of benzene rings is 1. The maximum Gasteiger partial charge on any atom is 0.302 e. The van der Waals surface area contributed by atoms with E-state index in [1.807, 2.05) is 36.4 Å². The second-order valence-corrected chi connectivity index (χ2v) is 5.80. The van der Waals surface area contributed by atoms with Crippen LogP contribution in [0.1, 0.15) is 26.3 Å². The Kier molecular flexibility index (Phi) is 4.75. The van der Waals surface area contributed by atoms with Gasteiger partial charge in [-0.3, -0.25) is 9.59 Å². The molecule has 0 saturated carbocycles. The number of amides is 1. The highest BCUT2D eigenvalue weighted by Crippen LogP contribution is 2.28. The van der Waals surface area contributed by atoms with Gasteiger partial charge in [0.25, 0.3) is 5.91 Å². The lowest BCUT2D eigenvalue weighted by Gasteiger charge is -2.28. The molecule has 1 heterocycles. The average Bonchev–Trinajstić information content (AvgIpc) is 2.86. The third-order valence-electron chi connectivity index (χ3n) is 3.26. The first-order valence-electron chi connectivity index (χ1n) is 7.04. The number of nitrogens with zero attached hydrogens (tertiary/aromatic N) is 1. The predicted octanol–water partition coefficient (Wildman–Crippen LogP) is 2.61. The normalized spacial score (nSPS) is 18.2. The first-order chi connectivity index (χ1) is 10.4. The van der Waals surface area contributed by atoms with Crippen LogP contribution in [0.5, 0.6) is 0 Å². The molecule has 22 heavy (non-hydrogen) atoms. The lowest BCUT2D eigenvalue weighted by molar-refractivity contribution is -0.148. The van der Waals surface area contributed by atoms with Gasteiger partial charge in [0.1, 0.15) is 6.61 Å². The Hall–Kier alpha value is -2.43. The smallest absolute Gasteiger partial charge is 0.302 e. The van der Waals surface area contributed by atoms with Gasteiger partial charge in [0, 0.05) is 18.4 Å². The Bertz CT molecular complexity index is 617. The summed E-state index contributed by atoms with van der Waals surface area (Å²) in [5, 5.41) is 0. The van der Waals surface area contributed by atoms with Gasteiger partial charge >= 0.3 is 5.97 Å². The quantitative estimate of drug-likeness (QED) is 0.784. The molecule has 1 aromatic carbocycles. The molecule has 2 rings (SSSR count). The largest absolute Gasteiger partial charge is 0.465 e. The van der Waals surface area contributed by atoms with Crippen molar-refractivity contribution in [1.29, 1.82) is 0 Å². The molecule has 1 unspecified atom stereocenters. The second kappa shape index (κ2) is 6.56. The zero-order valence-corrected chi connectivity index (χ0v) is 12.9. The lowest BCUT2D eigenvalue weighted by Crippen LogP contribution is -2.39. The van der Waals surface area contributed by atoms with Crippen molar-refractivity contribution in [2.75, 3.05) is 6.61 Å². The van der Waals surface area contributed by atoms with E-state index in [9.17, 15) is 9.59 Å². The van der Waals surface area contributed by atoms with E-state index < -0.39 is 11.5 Å². The molecule has 0 saturated heterocycles.